The summed E-state index contributed by atoms with van der Waals surface area (Å²) in [6.45, 7) is 5.14. The number of piperidine rings is 1. The van der Waals surface area contributed by atoms with E-state index in [0.29, 0.717) is 19.5 Å². The van der Waals surface area contributed by atoms with Crippen LogP contribution in [0.2, 0.25) is 0 Å². The van der Waals surface area contributed by atoms with Crippen molar-refractivity contribution >= 4 is 10.0 Å². The van der Waals surface area contributed by atoms with Crippen LogP contribution in [0.25, 0.3) is 0 Å². The van der Waals surface area contributed by atoms with Gasteiger partial charge in [0.05, 0.1) is 11.8 Å². The van der Waals surface area contributed by atoms with E-state index in [-0.39, 0.29) is 24.1 Å². The van der Waals surface area contributed by atoms with E-state index in [2.05, 4.69) is 24.0 Å². The topological polar surface area (TPSA) is 91.9 Å². The molecule has 2 heterocycles. The first-order valence-electron chi connectivity index (χ1n) is 7.70. The minimum atomic E-state index is -3.29. The zero-order chi connectivity index (χ0) is 16.2. The average Bonchev–Trinajstić information content (AvgIpc) is 2.97. The number of unbranched alkanes of at least 4 members (excludes halogenated alkanes) is 1. The first-order chi connectivity index (χ1) is 10.5. The van der Waals surface area contributed by atoms with Gasteiger partial charge in [0.15, 0.2) is 0 Å². The van der Waals surface area contributed by atoms with Crippen molar-refractivity contribution in [2.24, 2.45) is 0 Å². The summed E-state index contributed by atoms with van der Waals surface area (Å²) in [7, 11) is -3.29. The van der Waals surface area contributed by atoms with Gasteiger partial charge in [-0.3, -0.25) is 0 Å². The second-order valence-electron chi connectivity index (χ2n) is 5.97. The lowest BCUT2D eigenvalue weighted by molar-refractivity contribution is 0.302. The van der Waals surface area contributed by atoms with Crippen molar-refractivity contribution in [3.8, 4) is 6.07 Å². The molecule has 1 saturated heterocycles. The standard InChI is InChI=1S/C14H23N5O2S/c1-12(2)19-11-16-17-14(19)13-6-5-8-18(10-13)22(20,21)9-4-3-7-15/h11-13H,3-6,8-10H2,1-2H3/t13-/m0/s1. The molecule has 1 aromatic heterocycles. The maximum atomic E-state index is 12.4. The summed E-state index contributed by atoms with van der Waals surface area (Å²) in [6, 6.07) is 2.25. The molecule has 7 nitrogen and oxygen atoms in total. The van der Waals surface area contributed by atoms with E-state index in [1.165, 1.54) is 0 Å². The smallest absolute Gasteiger partial charge is 0.214 e. The van der Waals surface area contributed by atoms with E-state index in [4.69, 9.17) is 5.26 Å². The van der Waals surface area contributed by atoms with Crippen molar-refractivity contribution in [2.75, 3.05) is 18.8 Å². The van der Waals surface area contributed by atoms with Crippen LogP contribution < -0.4 is 0 Å². The van der Waals surface area contributed by atoms with Crippen molar-refractivity contribution in [1.82, 2.24) is 19.1 Å². The van der Waals surface area contributed by atoms with Gasteiger partial charge < -0.3 is 4.57 Å². The predicted octanol–water partition coefficient (Wildman–Crippen LogP) is 1.67. The molecule has 0 spiro atoms. The molecule has 1 fully saturated rings. The molecule has 0 aromatic carbocycles. The van der Waals surface area contributed by atoms with Gasteiger partial charge in [0.25, 0.3) is 0 Å². The molecule has 1 aliphatic heterocycles. The average molecular weight is 325 g/mol. The van der Waals surface area contributed by atoms with Crippen LogP contribution in [-0.2, 0) is 10.0 Å². The number of rotatable bonds is 6. The van der Waals surface area contributed by atoms with E-state index in [1.807, 2.05) is 10.6 Å². The minimum Gasteiger partial charge on any atom is -0.315 e. The van der Waals surface area contributed by atoms with Gasteiger partial charge in [0.2, 0.25) is 10.0 Å². The van der Waals surface area contributed by atoms with E-state index in [0.717, 1.165) is 18.7 Å². The number of aromatic nitrogens is 3. The molecule has 22 heavy (non-hydrogen) atoms. The van der Waals surface area contributed by atoms with Crippen LogP contribution in [-0.4, -0.2) is 46.3 Å². The molecular weight excluding hydrogens is 302 g/mol. The minimum absolute atomic E-state index is 0.0458. The Kier molecular flexibility index (Phi) is 5.53. The Labute approximate surface area is 132 Å². The maximum Gasteiger partial charge on any atom is 0.214 e. The lowest BCUT2D eigenvalue weighted by atomic mass is 9.98. The third-order valence-corrected chi connectivity index (χ3v) is 5.91. The number of sulfonamides is 1. The first-order valence-corrected chi connectivity index (χ1v) is 9.31. The van der Waals surface area contributed by atoms with Gasteiger partial charge in [0, 0.05) is 31.5 Å². The van der Waals surface area contributed by atoms with Crippen LogP contribution in [0.1, 0.15) is 57.3 Å². The van der Waals surface area contributed by atoms with Crippen LogP contribution in [0, 0.1) is 11.3 Å². The summed E-state index contributed by atoms with van der Waals surface area (Å²) in [6.07, 6.45) is 4.13. The molecule has 122 valence electrons. The van der Waals surface area contributed by atoms with Crippen LogP contribution >= 0.6 is 0 Å². The van der Waals surface area contributed by atoms with Crippen LogP contribution in [0.4, 0.5) is 0 Å². The molecule has 0 radical (unpaired) electrons. The first kappa shape index (κ1) is 16.9. The Bertz CT molecular complexity index is 632. The summed E-state index contributed by atoms with van der Waals surface area (Å²) in [5.41, 5.74) is 0. The molecule has 8 heteroatoms. The summed E-state index contributed by atoms with van der Waals surface area (Å²) in [5, 5.41) is 16.7. The number of hydrogen-bond acceptors (Lipinski definition) is 5. The largest absolute Gasteiger partial charge is 0.315 e. The van der Waals surface area contributed by atoms with Gasteiger partial charge in [-0.2, -0.15) is 5.26 Å². The Balaban J connectivity index is 2.09. The van der Waals surface area contributed by atoms with Gasteiger partial charge in [0.1, 0.15) is 12.2 Å². The van der Waals surface area contributed by atoms with Crippen molar-refractivity contribution in [3.05, 3.63) is 12.2 Å². The van der Waals surface area contributed by atoms with Gasteiger partial charge in [-0.25, -0.2) is 12.7 Å². The van der Waals surface area contributed by atoms with Crippen molar-refractivity contribution < 1.29 is 8.42 Å². The molecule has 0 bridgehead atoms. The summed E-state index contributed by atoms with van der Waals surface area (Å²) in [4.78, 5) is 0. The van der Waals surface area contributed by atoms with Crippen LogP contribution in [0.5, 0.6) is 0 Å². The summed E-state index contributed by atoms with van der Waals surface area (Å²) in [5.74, 6) is 1.00. The fraction of sp³-hybridized carbons (Fsp3) is 0.786. The third kappa shape index (κ3) is 3.84. The Morgan fingerprint density at radius 1 is 1.50 bits per heavy atom. The Hall–Kier alpha value is -1.46. The number of nitrogens with zero attached hydrogens (tertiary/aromatic N) is 5. The molecule has 1 atom stereocenters. The van der Waals surface area contributed by atoms with Gasteiger partial charge >= 0.3 is 0 Å². The summed E-state index contributed by atoms with van der Waals surface area (Å²) < 4.78 is 28.3. The van der Waals surface area contributed by atoms with Crippen molar-refractivity contribution in [2.45, 2.75) is 51.5 Å². The second kappa shape index (κ2) is 7.20. The molecule has 0 unspecified atom stereocenters. The monoisotopic (exact) mass is 325 g/mol. The van der Waals surface area contributed by atoms with Gasteiger partial charge in [-0.15, -0.1) is 10.2 Å². The van der Waals surface area contributed by atoms with Gasteiger partial charge in [-0.05, 0) is 33.1 Å². The normalized spacial score (nSPS) is 20.2. The fourth-order valence-electron chi connectivity index (χ4n) is 2.81. The molecular formula is C14H23N5O2S. The Morgan fingerprint density at radius 2 is 2.27 bits per heavy atom. The highest BCUT2D eigenvalue weighted by atomic mass is 32.2. The lowest BCUT2D eigenvalue weighted by Crippen LogP contribution is -2.41. The highest BCUT2D eigenvalue weighted by Crippen LogP contribution is 2.28. The van der Waals surface area contributed by atoms with Crippen LogP contribution in [0.15, 0.2) is 6.33 Å². The van der Waals surface area contributed by atoms with E-state index >= 15 is 0 Å². The molecule has 1 aromatic rings. The number of hydrogen-bond donors (Lipinski definition) is 0. The third-order valence-electron chi connectivity index (χ3n) is 3.99. The molecule has 2 rings (SSSR count). The molecule has 0 saturated carbocycles. The lowest BCUT2D eigenvalue weighted by Gasteiger charge is -2.31. The second-order valence-corrected chi connectivity index (χ2v) is 8.05. The highest BCUT2D eigenvalue weighted by molar-refractivity contribution is 7.89. The van der Waals surface area contributed by atoms with E-state index in [9.17, 15) is 8.42 Å². The fourth-order valence-corrected chi connectivity index (χ4v) is 4.39. The molecule has 0 amide bonds. The zero-order valence-electron chi connectivity index (χ0n) is 13.1. The summed E-state index contributed by atoms with van der Waals surface area (Å²) >= 11 is 0. The predicted molar refractivity (Wildman–Crippen MR) is 82.6 cm³/mol. The maximum absolute atomic E-state index is 12.4. The molecule has 0 aliphatic carbocycles. The van der Waals surface area contributed by atoms with E-state index in [1.54, 1.807) is 10.6 Å². The Morgan fingerprint density at radius 3 is 2.95 bits per heavy atom. The van der Waals surface area contributed by atoms with Crippen molar-refractivity contribution in [1.29, 1.82) is 5.26 Å². The molecule has 0 N–H and O–H groups in total. The van der Waals surface area contributed by atoms with E-state index < -0.39 is 10.0 Å². The number of nitriles is 1. The molecule has 1 aliphatic rings. The quantitative estimate of drug-likeness (QED) is 0.742. The van der Waals surface area contributed by atoms with Crippen molar-refractivity contribution in [3.63, 3.8) is 0 Å². The zero-order valence-corrected chi connectivity index (χ0v) is 14.0. The van der Waals surface area contributed by atoms with Gasteiger partial charge in [-0.1, -0.05) is 0 Å². The highest BCUT2D eigenvalue weighted by Gasteiger charge is 2.31. The van der Waals surface area contributed by atoms with Crippen LogP contribution in [0.3, 0.4) is 0 Å². The SMILES string of the molecule is CC(C)n1cnnc1[C@H]1CCCN(S(=O)(=O)CCCC#N)C1.